The van der Waals surface area contributed by atoms with E-state index in [9.17, 15) is 22.8 Å². The van der Waals surface area contributed by atoms with Gasteiger partial charge in [0.05, 0.1) is 11.9 Å². The number of pyridine rings is 1. The predicted molar refractivity (Wildman–Crippen MR) is 79.7 cm³/mol. The van der Waals surface area contributed by atoms with Gasteiger partial charge >= 0.3 is 18.0 Å². The number of hydrogen-bond donors (Lipinski definition) is 2. The Kier molecular flexibility index (Phi) is 4.29. The van der Waals surface area contributed by atoms with E-state index in [1.807, 2.05) is 0 Å². The summed E-state index contributed by atoms with van der Waals surface area (Å²) in [6, 6.07) is 1.80. The van der Waals surface area contributed by atoms with Gasteiger partial charge < -0.3 is 10.6 Å². The van der Waals surface area contributed by atoms with Crippen LogP contribution in [0.25, 0.3) is 0 Å². The number of fused-ring (bicyclic) bond motifs is 2. The number of carbonyl (C=O) groups excluding carboxylic acids is 2. The van der Waals surface area contributed by atoms with Crippen molar-refractivity contribution in [1.29, 1.82) is 0 Å². The van der Waals surface area contributed by atoms with Gasteiger partial charge in [0.2, 0.25) is 0 Å². The van der Waals surface area contributed by atoms with E-state index in [2.05, 4.69) is 27.8 Å². The monoisotopic (exact) mass is 339 g/mol. The van der Waals surface area contributed by atoms with Gasteiger partial charge in [-0.25, -0.2) is 4.98 Å². The summed E-state index contributed by atoms with van der Waals surface area (Å²) in [5.41, 5.74) is -1.03. The Morgan fingerprint density at radius 2 is 1.96 bits per heavy atom. The molecule has 2 aliphatic rings. The maximum Gasteiger partial charge on any atom is 0.433 e. The minimum atomic E-state index is -4.55. The van der Waals surface area contributed by atoms with E-state index in [0.717, 1.165) is 31.2 Å². The molecule has 1 saturated carbocycles. The molecule has 2 aliphatic carbocycles. The molecule has 5 nitrogen and oxygen atoms in total. The zero-order valence-electron chi connectivity index (χ0n) is 12.6. The first kappa shape index (κ1) is 16.5. The summed E-state index contributed by atoms with van der Waals surface area (Å²) >= 11 is 0. The number of carbonyl (C=O) groups is 2. The van der Waals surface area contributed by atoms with Crippen molar-refractivity contribution in [2.45, 2.75) is 19.0 Å². The minimum absolute atomic E-state index is 0.0333. The number of nitrogens with one attached hydrogen (secondary N) is 2. The number of alkyl halides is 3. The first-order chi connectivity index (χ1) is 11.3. The highest BCUT2D eigenvalue weighted by Gasteiger charge is 2.36. The summed E-state index contributed by atoms with van der Waals surface area (Å²) in [4.78, 5) is 26.8. The van der Waals surface area contributed by atoms with Gasteiger partial charge in [-0.15, -0.1) is 0 Å². The molecule has 1 heterocycles. The van der Waals surface area contributed by atoms with Crippen LogP contribution in [0.2, 0.25) is 0 Å². The fourth-order valence-corrected chi connectivity index (χ4v) is 3.26. The summed E-state index contributed by atoms with van der Waals surface area (Å²) in [5, 5.41) is 4.81. The first-order valence-corrected chi connectivity index (χ1v) is 7.63. The standard InChI is InChI=1S/C16H16F3N3O2/c17-16(18,19)13-4-3-12(8-20-13)22-15(24)14(23)21-7-11-6-9-1-2-10(11)5-9/h1-4,8-11H,5-7H2,(H,21,23)(H,22,24)/t9-,10-,11+/m0/s1. The van der Waals surface area contributed by atoms with Gasteiger partial charge in [0.15, 0.2) is 0 Å². The van der Waals surface area contributed by atoms with Crippen molar-refractivity contribution in [2.75, 3.05) is 11.9 Å². The number of amides is 2. The van der Waals surface area contributed by atoms with E-state index in [4.69, 9.17) is 0 Å². The van der Waals surface area contributed by atoms with E-state index in [-0.39, 0.29) is 5.69 Å². The molecule has 1 fully saturated rings. The van der Waals surface area contributed by atoms with Crippen molar-refractivity contribution in [3.63, 3.8) is 0 Å². The van der Waals surface area contributed by atoms with E-state index in [0.29, 0.717) is 24.3 Å². The maximum atomic E-state index is 12.4. The molecule has 0 radical (unpaired) electrons. The first-order valence-electron chi connectivity index (χ1n) is 7.63. The lowest BCUT2D eigenvalue weighted by atomic mass is 9.94. The Labute approximate surface area is 136 Å². The summed E-state index contributed by atoms with van der Waals surface area (Å²) < 4.78 is 37.2. The third-order valence-electron chi connectivity index (χ3n) is 4.46. The quantitative estimate of drug-likeness (QED) is 0.656. The number of allylic oxidation sites excluding steroid dienone is 2. The Morgan fingerprint density at radius 3 is 2.50 bits per heavy atom. The van der Waals surface area contributed by atoms with E-state index >= 15 is 0 Å². The van der Waals surface area contributed by atoms with Gasteiger partial charge in [0.25, 0.3) is 0 Å². The average Bonchev–Trinajstić information content (AvgIpc) is 3.15. The van der Waals surface area contributed by atoms with Crippen molar-refractivity contribution >= 4 is 17.5 Å². The number of halogens is 3. The van der Waals surface area contributed by atoms with Crippen LogP contribution >= 0.6 is 0 Å². The largest absolute Gasteiger partial charge is 0.433 e. The Bertz CT molecular complexity index is 670. The topological polar surface area (TPSA) is 71.1 Å². The minimum Gasteiger partial charge on any atom is -0.348 e. The van der Waals surface area contributed by atoms with Crippen LogP contribution in [0.1, 0.15) is 18.5 Å². The molecule has 0 spiro atoms. The molecule has 2 amide bonds. The van der Waals surface area contributed by atoms with Gasteiger partial charge in [-0.3, -0.25) is 9.59 Å². The lowest BCUT2D eigenvalue weighted by molar-refractivity contribution is -0.141. The predicted octanol–water partition coefficient (Wildman–Crippen LogP) is 2.37. The van der Waals surface area contributed by atoms with Crippen LogP contribution in [0.4, 0.5) is 18.9 Å². The number of aromatic nitrogens is 1. The Balaban J connectivity index is 1.49. The second-order valence-corrected chi connectivity index (χ2v) is 6.13. The Hall–Kier alpha value is -2.38. The highest BCUT2D eigenvalue weighted by molar-refractivity contribution is 6.39. The maximum absolute atomic E-state index is 12.4. The zero-order chi connectivity index (χ0) is 17.3. The molecule has 0 aromatic carbocycles. The summed E-state index contributed by atoms with van der Waals surface area (Å²) in [6.45, 7) is 0.420. The molecule has 3 rings (SSSR count). The molecule has 0 unspecified atom stereocenters. The van der Waals surface area contributed by atoms with Crippen molar-refractivity contribution in [3.05, 3.63) is 36.2 Å². The van der Waals surface area contributed by atoms with Gasteiger partial charge in [-0.1, -0.05) is 12.2 Å². The molecule has 2 bridgehead atoms. The van der Waals surface area contributed by atoms with Gasteiger partial charge in [-0.05, 0) is 42.7 Å². The molecule has 24 heavy (non-hydrogen) atoms. The van der Waals surface area contributed by atoms with Crippen LogP contribution in [0, 0.1) is 17.8 Å². The van der Waals surface area contributed by atoms with Crippen LogP contribution in [0.15, 0.2) is 30.5 Å². The fraction of sp³-hybridized carbons (Fsp3) is 0.438. The molecule has 1 aromatic rings. The van der Waals surface area contributed by atoms with Gasteiger partial charge in [0, 0.05) is 6.54 Å². The number of nitrogens with zero attached hydrogens (tertiary/aromatic N) is 1. The van der Waals surface area contributed by atoms with Crippen LogP contribution in [-0.4, -0.2) is 23.3 Å². The molecule has 0 saturated heterocycles. The second kappa shape index (κ2) is 6.26. The molecule has 8 heteroatoms. The van der Waals surface area contributed by atoms with Crippen molar-refractivity contribution in [3.8, 4) is 0 Å². The van der Waals surface area contributed by atoms with Crippen LogP contribution in [0.3, 0.4) is 0 Å². The Morgan fingerprint density at radius 1 is 1.17 bits per heavy atom. The van der Waals surface area contributed by atoms with Crippen molar-refractivity contribution in [1.82, 2.24) is 10.3 Å². The molecular weight excluding hydrogens is 323 g/mol. The fourth-order valence-electron chi connectivity index (χ4n) is 3.26. The van der Waals surface area contributed by atoms with E-state index < -0.39 is 23.7 Å². The molecule has 3 atom stereocenters. The molecule has 0 aliphatic heterocycles. The highest BCUT2D eigenvalue weighted by Crippen LogP contribution is 2.42. The smallest absolute Gasteiger partial charge is 0.348 e. The molecule has 128 valence electrons. The van der Waals surface area contributed by atoms with Crippen LogP contribution in [0.5, 0.6) is 0 Å². The second-order valence-electron chi connectivity index (χ2n) is 6.13. The number of hydrogen-bond acceptors (Lipinski definition) is 3. The van der Waals surface area contributed by atoms with Gasteiger partial charge in [0.1, 0.15) is 5.69 Å². The number of rotatable bonds is 3. The molecule has 2 N–H and O–H groups in total. The summed E-state index contributed by atoms with van der Waals surface area (Å²) in [6.07, 6.45) is 2.77. The lowest BCUT2D eigenvalue weighted by Gasteiger charge is -2.18. The SMILES string of the molecule is O=C(NC[C@H]1C[C@H]2C=C[C@H]1C2)C(=O)Nc1ccc(C(F)(F)F)nc1. The van der Waals surface area contributed by atoms with Gasteiger partial charge in [-0.2, -0.15) is 13.2 Å². The third kappa shape index (κ3) is 3.58. The van der Waals surface area contributed by atoms with Crippen molar-refractivity contribution < 1.29 is 22.8 Å². The van der Waals surface area contributed by atoms with Crippen molar-refractivity contribution in [2.24, 2.45) is 17.8 Å². The highest BCUT2D eigenvalue weighted by atomic mass is 19.4. The normalized spacial score (nSPS) is 24.9. The van der Waals surface area contributed by atoms with Crippen LogP contribution < -0.4 is 10.6 Å². The van der Waals surface area contributed by atoms with E-state index in [1.54, 1.807) is 0 Å². The zero-order valence-corrected chi connectivity index (χ0v) is 12.6. The summed E-state index contributed by atoms with van der Waals surface area (Å²) in [5.74, 6) is -0.359. The number of anilines is 1. The van der Waals surface area contributed by atoms with Crippen LogP contribution in [-0.2, 0) is 15.8 Å². The molecular formula is C16H16F3N3O2. The molecule has 1 aromatic heterocycles. The third-order valence-corrected chi connectivity index (χ3v) is 4.46. The lowest BCUT2D eigenvalue weighted by Crippen LogP contribution is -2.38. The van der Waals surface area contributed by atoms with E-state index in [1.165, 1.54) is 0 Å². The summed E-state index contributed by atoms with van der Waals surface area (Å²) in [7, 11) is 0. The average molecular weight is 339 g/mol.